The van der Waals surface area contributed by atoms with E-state index < -0.39 is 6.10 Å². The zero-order valence-electron chi connectivity index (χ0n) is 18.5. The normalized spacial score (nSPS) is 12.8. The highest BCUT2D eigenvalue weighted by Gasteiger charge is 2.21. The van der Waals surface area contributed by atoms with Crippen LogP contribution in [0.1, 0.15) is 45.7 Å². The van der Waals surface area contributed by atoms with E-state index in [1.165, 1.54) is 5.56 Å². The number of nitrogens with one attached hydrogen (secondary N) is 1. The van der Waals surface area contributed by atoms with Crippen LogP contribution in [0.2, 0.25) is 0 Å². The zero-order chi connectivity index (χ0) is 20.8. The lowest BCUT2D eigenvalue weighted by Gasteiger charge is -2.28. The molecule has 0 aliphatic carbocycles. The van der Waals surface area contributed by atoms with Crippen molar-refractivity contribution in [2.45, 2.75) is 58.1 Å². The first-order valence-corrected chi connectivity index (χ1v) is 9.89. The van der Waals surface area contributed by atoms with Gasteiger partial charge in [0.2, 0.25) is 0 Å². The largest absolute Gasteiger partial charge is 0.497 e. The van der Waals surface area contributed by atoms with Crippen LogP contribution in [-0.2, 0) is 11.8 Å². The molecule has 0 fully saturated rings. The number of benzene rings is 2. The second-order valence-electron chi connectivity index (χ2n) is 9.00. The van der Waals surface area contributed by atoms with Crippen LogP contribution in [0, 0.1) is 0 Å². The van der Waals surface area contributed by atoms with Gasteiger partial charge in [0.15, 0.2) is 0 Å². The molecule has 0 aromatic heterocycles. The van der Waals surface area contributed by atoms with Gasteiger partial charge in [-0.2, -0.15) is 0 Å². The Hall–Kier alpha value is -1.75. The molecule has 2 N–H and O–H groups in total. The summed E-state index contributed by atoms with van der Waals surface area (Å²) in [6.07, 6.45) is 0.278. The molecule has 1 unspecified atom stereocenters. The van der Waals surface area contributed by atoms with Crippen LogP contribution in [-0.4, -0.2) is 37.0 Å². The zero-order valence-corrected chi connectivity index (χ0v) is 19.3. The highest BCUT2D eigenvalue weighted by molar-refractivity contribution is 5.85. The highest BCUT2D eigenvalue weighted by Crippen LogP contribution is 2.31. The van der Waals surface area contributed by atoms with Gasteiger partial charge in [0.1, 0.15) is 24.2 Å². The lowest BCUT2D eigenvalue weighted by molar-refractivity contribution is 0.0978. The fraction of sp³-hybridized carbons (Fsp3) is 0.500. The number of aliphatic hydroxyl groups is 1. The first kappa shape index (κ1) is 25.3. The van der Waals surface area contributed by atoms with Gasteiger partial charge in [-0.25, -0.2) is 0 Å². The molecule has 1 atom stereocenters. The van der Waals surface area contributed by atoms with Gasteiger partial charge in [-0.05, 0) is 55.0 Å². The Balaban J connectivity index is 0.00000420. The predicted octanol–water partition coefficient (Wildman–Crippen LogP) is 4.77. The molecule has 29 heavy (non-hydrogen) atoms. The third kappa shape index (κ3) is 8.25. The summed E-state index contributed by atoms with van der Waals surface area (Å²) in [5.41, 5.74) is 2.23. The third-order valence-electron chi connectivity index (χ3n) is 4.75. The summed E-state index contributed by atoms with van der Waals surface area (Å²) in [4.78, 5) is 0. The SMILES string of the molecule is COc1ccc(CC(C)(C)NCC(O)COc2ccccc2C(C)(C)C)cc1.Cl. The maximum absolute atomic E-state index is 10.4. The topological polar surface area (TPSA) is 50.7 Å². The van der Waals surface area contributed by atoms with E-state index in [1.54, 1.807) is 7.11 Å². The number of ether oxygens (including phenoxy) is 2. The first-order chi connectivity index (χ1) is 13.1. The second-order valence-corrected chi connectivity index (χ2v) is 9.00. The number of halogens is 1. The number of hydrogen-bond acceptors (Lipinski definition) is 4. The predicted molar refractivity (Wildman–Crippen MR) is 123 cm³/mol. The van der Waals surface area contributed by atoms with Crippen LogP contribution in [0.15, 0.2) is 48.5 Å². The molecule has 0 aliphatic heterocycles. The van der Waals surface area contributed by atoms with E-state index in [9.17, 15) is 5.11 Å². The summed E-state index contributed by atoms with van der Waals surface area (Å²) in [5, 5.41) is 13.9. The van der Waals surface area contributed by atoms with E-state index in [4.69, 9.17) is 9.47 Å². The molecular weight excluding hydrogens is 386 g/mol. The standard InChI is InChI=1S/C24H35NO3.ClH/c1-23(2,3)21-9-7-8-10-22(21)28-17-19(26)16-25-24(4,5)15-18-11-13-20(27-6)14-12-18;/h7-14,19,25-26H,15-17H2,1-6H3;1H. The number of methoxy groups -OCH3 is 1. The van der Waals surface area contributed by atoms with Crippen molar-refractivity contribution in [3.05, 3.63) is 59.7 Å². The molecular formula is C24H36ClNO3. The summed E-state index contributed by atoms with van der Waals surface area (Å²) in [6.45, 7) is 11.5. The molecule has 0 spiro atoms. The maximum atomic E-state index is 10.4. The molecule has 0 amide bonds. The third-order valence-corrected chi connectivity index (χ3v) is 4.75. The lowest BCUT2D eigenvalue weighted by atomic mass is 9.86. The number of para-hydroxylation sites is 1. The molecule has 4 nitrogen and oxygen atoms in total. The molecule has 5 heteroatoms. The molecule has 2 rings (SSSR count). The van der Waals surface area contributed by atoms with Crippen molar-refractivity contribution in [1.29, 1.82) is 0 Å². The van der Waals surface area contributed by atoms with Crippen LogP contribution < -0.4 is 14.8 Å². The van der Waals surface area contributed by atoms with Gasteiger partial charge in [0, 0.05) is 12.1 Å². The maximum Gasteiger partial charge on any atom is 0.123 e. The minimum absolute atomic E-state index is 0. The number of β-amino-alcohol motifs (C(OH)–C–C–N with tert-alkyl or cyclic N) is 1. The first-order valence-electron chi connectivity index (χ1n) is 9.89. The van der Waals surface area contributed by atoms with Gasteiger partial charge in [0.05, 0.1) is 7.11 Å². The Morgan fingerprint density at radius 1 is 0.966 bits per heavy atom. The molecule has 162 valence electrons. The van der Waals surface area contributed by atoms with Crippen molar-refractivity contribution >= 4 is 12.4 Å². The van der Waals surface area contributed by atoms with Crippen LogP contribution in [0.3, 0.4) is 0 Å². The van der Waals surface area contributed by atoms with Gasteiger partial charge >= 0.3 is 0 Å². The Kier molecular flexibility index (Phi) is 9.47. The van der Waals surface area contributed by atoms with Gasteiger partial charge in [-0.1, -0.05) is 51.1 Å². The van der Waals surface area contributed by atoms with E-state index in [-0.39, 0.29) is 30.0 Å². The molecule has 0 aliphatic rings. The van der Waals surface area contributed by atoms with Crippen molar-refractivity contribution in [2.75, 3.05) is 20.3 Å². The number of rotatable bonds is 9. The van der Waals surface area contributed by atoms with Crippen molar-refractivity contribution < 1.29 is 14.6 Å². The molecule has 0 saturated carbocycles. The van der Waals surface area contributed by atoms with E-state index in [2.05, 4.69) is 58.1 Å². The molecule has 2 aromatic carbocycles. The van der Waals surface area contributed by atoms with Gasteiger partial charge in [-0.15, -0.1) is 12.4 Å². The molecule has 0 bridgehead atoms. The van der Waals surface area contributed by atoms with Crippen LogP contribution in [0.25, 0.3) is 0 Å². The molecule has 0 heterocycles. The molecule has 2 aromatic rings. The van der Waals surface area contributed by atoms with Crippen molar-refractivity contribution in [3.8, 4) is 11.5 Å². The molecule has 0 saturated heterocycles. The smallest absolute Gasteiger partial charge is 0.123 e. The summed E-state index contributed by atoms with van der Waals surface area (Å²) in [7, 11) is 1.67. The average Bonchev–Trinajstić information content (AvgIpc) is 2.64. The Bertz CT molecular complexity index is 739. The van der Waals surface area contributed by atoms with Crippen LogP contribution >= 0.6 is 12.4 Å². The highest BCUT2D eigenvalue weighted by atomic mass is 35.5. The van der Waals surface area contributed by atoms with Crippen LogP contribution in [0.4, 0.5) is 0 Å². The van der Waals surface area contributed by atoms with Crippen molar-refractivity contribution in [3.63, 3.8) is 0 Å². The quantitative estimate of drug-likeness (QED) is 0.612. The summed E-state index contributed by atoms with van der Waals surface area (Å²) < 4.78 is 11.1. The number of aliphatic hydroxyl groups excluding tert-OH is 1. The summed E-state index contributed by atoms with van der Waals surface area (Å²) in [5.74, 6) is 1.70. The monoisotopic (exact) mass is 421 g/mol. The Morgan fingerprint density at radius 2 is 1.59 bits per heavy atom. The average molecular weight is 422 g/mol. The van der Waals surface area contributed by atoms with E-state index in [1.807, 2.05) is 30.3 Å². The Labute approximate surface area is 182 Å². The van der Waals surface area contributed by atoms with Crippen molar-refractivity contribution in [2.24, 2.45) is 0 Å². The lowest BCUT2D eigenvalue weighted by Crippen LogP contribution is -2.46. The summed E-state index contributed by atoms with van der Waals surface area (Å²) >= 11 is 0. The minimum atomic E-state index is -0.580. The fourth-order valence-electron chi connectivity index (χ4n) is 3.17. The molecule has 0 radical (unpaired) electrons. The fourth-order valence-corrected chi connectivity index (χ4v) is 3.17. The van der Waals surface area contributed by atoms with Gasteiger partial charge in [0.25, 0.3) is 0 Å². The summed E-state index contributed by atoms with van der Waals surface area (Å²) in [6, 6.07) is 16.1. The van der Waals surface area contributed by atoms with Crippen molar-refractivity contribution in [1.82, 2.24) is 5.32 Å². The number of hydrogen-bond donors (Lipinski definition) is 2. The van der Waals surface area contributed by atoms with E-state index >= 15 is 0 Å². The van der Waals surface area contributed by atoms with E-state index in [0.717, 1.165) is 23.5 Å². The van der Waals surface area contributed by atoms with Gasteiger partial charge < -0.3 is 19.9 Å². The Morgan fingerprint density at radius 3 is 2.17 bits per heavy atom. The minimum Gasteiger partial charge on any atom is -0.497 e. The van der Waals surface area contributed by atoms with E-state index in [0.29, 0.717) is 6.54 Å². The second kappa shape index (κ2) is 10.9. The van der Waals surface area contributed by atoms with Gasteiger partial charge in [-0.3, -0.25) is 0 Å². The van der Waals surface area contributed by atoms with Crippen LogP contribution in [0.5, 0.6) is 11.5 Å².